The fourth-order valence-electron chi connectivity index (χ4n) is 4.53. The van der Waals surface area contributed by atoms with Gasteiger partial charge in [0.05, 0.1) is 21.6 Å². The predicted molar refractivity (Wildman–Crippen MR) is 129 cm³/mol. The van der Waals surface area contributed by atoms with E-state index in [-0.39, 0.29) is 6.61 Å². The zero-order valence-corrected chi connectivity index (χ0v) is 19.6. The Morgan fingerprint density at radius 2 is 2.16 bits per heavy atom. The molecule has 3 aromatic rings. The Balaban J connectivity index is 1.24. The molecular weight excluding hydrogens is 420 g/mol. The van der Waals surface area contributed by atoms with Crippen LogP contribution >= 0.6 is 11.3 Å². The molecule has 1 atom stereocenters. The van der Waals surface area contributed by atoms with Gasteiger partial charge in [-0.25, -0.2) is 14.8 Å². The first-order valence-corrected chi connectivity index (χ1v) is 12.1. The third-order valence-electron chi connectivity index (χ3n) is 6.24. The van der Waals surface area contributed by atoms with E-state index >= 15 is 0 Å². The van der Waals surface area contributed by atoms with Crippen LogP contribution < -0.4 is 5.32 Å². The fraction of sp³-hybridized carbons (Fsp3) is 0.400. The van der Waals surface area contributed by atoms with Crippen LogP contribution in [0.4, 0.5) is 10.5 Å². The minimum absolute atomic E-state index is 0.211. The number of benzene rings is 1. The van der Waals surface area contributed by atoms with Crippen molar-refractivity contribution >= 4 is 39.7 Å². The van der Waals surface area contributed by atoms with Crippen molar-refractivity contribution in [2.24, 2.45) is 5.92 Å². The zero-order chi connectivity index (χ0) is 22.2. The number of imidazole rings is 1. The lowest BCUT2D eigenvalue weighted by Crippen LogP contribution is -2.13. The second kappa shape index (κ2) is 8.54. The summed E-state index contributed by atoms with van der Waals surface area (Å²) in [7, 11) is 0. The third-order valence-corrected chi connectivity index (χ3v) is 7.41. The van der Waals surface area contributed by atoms with Gasteiger partial charge < -0.3 is 9.30 Å². The van der Waals surface area contributed by atoms with Gasteiger partial charge in [-0.1, -0.05) is 24.6 Å². The van der Waals surface area contributed by atoms with Gasteiger partial charge >= 0.3 is 6.09 Å². The summed E-state index contributed by atoms with van der Waals surface area (Å²) in [5.41, 5.74) is 6.21. The molecule has 166 valence electrons. The van der Waals surface area contributed by atoms with E-state index in [1.807, 2.05) is 25.1 Å². The first kappa shape index (κ1) is 20.9. The Labute approximate surface area is 192 Å². The molecule has 0 fully saturated rings. The van der Waals surface area contributed by atoms with E-state index < -0.39 is 6.09 Å². The highest BCUT2D eigenvalue weighted by Crippen LogP contribution is 2.33. The van der Waals surface area contributed by atoms with Crippen molar-refractivity contribution in [2.45, 2.75) is 59.6 Å². The van der Waals surface area contributed by atoms with E-state index in [1.54, 1.807) is 11.3 Å². The number of rotatable bonds is 4. The number of carbonyl (C=O) groups excluding carboxylic acids is 1. The summed E-state index contributed by atoms with van der Waals surface area (Å²) in [4.78, 5) is 22.9. The Hall–Kier alpha value is -2.93. The lowest BCUT2D eigenvalue weighted by atomic mass is 9.92. The summed E-state index contributed by atoms with van der Waals surface area (Å²) in [6.07, 6.45) is 8.38. The standard InChI is InChI=1S/C25H28N4O2S/c1-15-7-9-19(16(2)12-15)24-26-17(3)22(32-24)14-31-25(30)27-18-8-10-21-20(13-18)28-23-6-4-5-11-29(21)23/h7-10,13,15H,4-6,11-12,14H2,1-3H3,(H,27,30). The number of nitrogens with zero attached hydrogens (tertiary/aromatic N) is 3. The van der Waals surface area contributed by atoms with Crippen molar-refractivity contribution < 1.29 is 9.53 Å². The van der Waals surface area contributed by atoms with Crippen molar-refractivity contribution in [2.75, 3.05) is 5.32 Å². The fourth-order valence-corrected chi connectivity index (χ4v) is 5.61. The van der Waals surface area contributed by atoms with Crippen molar-refractivity contribution in [1.29, 1.82) is 0 Å². The van der Waals surface area contributed by atoms with Gasteiger partial charge in [-0.3, -0.25) is 5.32 Å². The molecule has 0 bridgehead atoms. The molecule has 0 spiro atoms. The summed E-state index contributed by atoms with van der Waals surface area (Å²) in [6.45, 7) is 7.59. The molecule has 6 nitrogen and oxygen atoms in total. The Kier molecular flexibility index (Phi) is 5.59. The summed E-state index contributed by atoms with van der Waals surface area (Å²) in [6, 6.07) is 5.86. The number of ether oxygens (including phenoxy) is 1. The molecule has 1 N–H and O–H groups in total. The van der Waals surface area contributed by atoms with Crippen LogP contribution in [0.15, 0.2) is 35.9 Å². The quantitative estimate of drug-likeness (QED) is 0.512. The van der Waals surface area contributed by atoms with Crippen LogP contribution in [-0.4, -0.2) is 20.6 Å². The van der Waals surface area contributed by atoms with E-state index in [1.165, 1.54) is 24.0 Å². The number of anilines is 1. The third kappa shape index (κ3) is 4.09. The Morgan fingerprint density at radius 3 is 3.00 bits per heavy atom. The number of allylic oxidation sites excluding steroid dienone is 4. The molecule has 32 heavy (non-hydrogen) atoms. The number of fused-ring (bicyclic) bond motifs is 3. The number of aromatic nitrogens is 3. The highest BCUT2D eigenvalue weighted by molar-refractivity contribution is 7.12. The van der Waals surface area contributed by atoms with E-state index in [2.05, 4.69) is 35.9 Å². The summed E-state index contributed by atoms with van der Waals surface area (Å²) in [5, 5.41) is 3.84. The van der Waals surface area contributed by atoms with Crippen LogP contribution in [0.1, 0.15) is 54.5 Å². The molecule has 0 radical (unpaired) electrons. The molecule has 1 amide bonds. The maximum Gasteiger partial charge on any atom is 0.411 e. The first-order valence-electron chi connectivity index (χ1n) is 11.3. The lowest BCUT2D eigenvalue weighted by molar-refractivity contribution is 0.156. The molecule has 0 saturated heterocycles. The predicted octanol–water partition coefficient (Wildman–Crippen LogP) is 6.26. The second-order valence-corrected chi connectivity index (χ2v) is 9.89. The average Bonchev–Trinajstić information content (AvgIpc) is 3.31. The van der Waals surface area contributed by atoms with Crippen LogP contribution in [0, 0.1) is 12.8 Å². The highest BCUT2D eigenvalue weighted by atomic mass is 32.1. The van der Waals surface area contributed by atoms with Crippen molar-refractivity contribution in [3.8, 4) is 0 Å². The molecule has 2 aliphatic rings. The second-order valence-electron chi connectivity index (χ2n) is 8.80. The molecule has 0 saturated carbocycles. The van der Waals surface area contributed by atoms with Crippen molar-refractivity contribution in [3.05, 3.63) is 57.3 Å². The maximum absolute atomic E-state index is 12.4. The maximum atomic E-state index is 12.4. The van der Waals surface area contributed by atoms with Gasteiger partial charge in [0.15, 0.2) is 0 Å². The Morgan fingerprint density at radius 1 is 1.28 bits per heavy atom. The summed E-state index contributed by atoms with van der Waals surface area (Å²) in [5.74, 6) is 1.70. The molecule has 1 unspecified atom stereocenters. The average molecular weight is 449 g/mol. The van der Waals surface area contributed by atoms with Crippen molar-refractivity contribution in [3.63, 3.8) is 0 Å². The van der Waals surface area contributed by atoms with Gasteiger partial charge in [0.1, 0.15) is 17.4 Å². The number of hydrogen-bond acceptors (Lipinski definition) is 5. The van der Waals surface area contributed by atoms with Gasteiger partial charge in [0.2, 0.25) is 0 Å². The van der Waals surface area contributed by atoms with Crippen LogP contribution in [0.25, 0.3) is 16.6 Å². The van der Waals surface area contributed by atoms with E-state index in [4.69, 9.17) is 14.7 Å². The largest absolute Gasteiger partial charge is 0.444 e. The molecule has 3 heterocycles. The van der Waals surface area contributed by atoms with E-state index in [9.17, 15) is 4.79 Å². The van der Waals surface area contributed by atoms with E-state index in [0.717, 1.165) is 51.8 Å². The topological polar surface area (TPSA) is 69.0 Å². The normalized spacial score (nSPS) is 18.2. The number of hydrogen-bond donors (Lipinski definition) is 1. The summed E-state index contributed by atoms with van der Waals surface area (Å²) < 4.78 is 7.79. The monoisotopic (exact) mass is 448 g/mol. The van der Waals surface area contributed by atoms with Gasteiger partial charge in [0, 0.05) is 24.2 Å². The van der Waals surface area contributed by atoms with Crippen LogP contribution in [0.5, 0.6) is 0 Å². The molecule has 5 rings (SSSR count). The number of thiazole rings is 1. The minimum atomic E-state index is -0.468. The van der Waals surface area contributed by atoms with Crippen LogP contribution in [-0.2, 0) is 24.3 Å². The van der Waals surface area contributed by atoms with Gasteiger partial charge in [-0.15, -0.1) is 11.3 Å². The Bertz CT molecular complexity index is 1250. The summed E-state index contributed by atoms with van der Waals surface area (Å²) >= 11 is 1.60. The molecule has 1 aliphatic carbocycles. The minimum Gasteiger partial charge on any atom is -0.444 e. The molecule has 1 aromatic carbocycles. The lowest BCUT2D eigenvalue weighted by Gasteiger charge is -2.15. The number of carbonyl (C=O) groups is 1. The SMILES string of the molecule is CC1=C(c2nc(C)c(COC(=O)Nc3ccc4c(c3)nc3n4CCCC3)s2)C=CC(C)C1. The smallest absolute Gasteiger partial charge is 0.411 e. The van der Waals surface area contributed by atoms with E-state index in [0.29, 0.717) is 11.6 Å². The number of aryl methyl sites for hydroxylation is 3. The van der Waals surface area contributed by atoms with Gasteiger partial charge in [0.25, 0.3) is 0 Å². The first-order chi connectivity index (χ1) is 15.5. The van der Waals surface area contributed by atoms with Gasteiger partial charge in [-0.05, 0) is 57.2 Å². The highest BCUT2D eigenvalue weighted by Gasteiger charge is 2.18. The van der Waals surface area contributed by atoms with Crippen molar-refractivity contribution in [1.82, 2.24) is 14.5 Å². The van der Waals surface area contributed by atoms with Gasteiger partial charge in [-0.2, -0.15) is 0 Å². The number of nitrogens with one attached hydrogen (secondary N) is 1. The molecule has 2 aromatic heterocycles. The van der Waals surface area contributed by atoms with Crippen LogP contribution in [0.3, 0.4) is 0 Å². The number of amides is 1. The van der Waals surface area contributed by atoms with Crippen LogP contribution in [0.2, 0.25) is 0 Å². The molecule has 7 heteroatoms. The zero-order valence-electron chi connectivity index (χ0n) is 18.8. The molecular formula is C25H28N4O2S. The molecule has 1 aliphatic heterocycles.